The van der Waals surface area contributed by atoms with Gasteiger partial charge >= 0.3 is 12.0 Å². The third-order valence-electron chi connectivity index (χ3n) is 18.2. The second-order valence-electron chi connectivity index (χ2n) is 25.0. The number of methoxy groups -OCH3 is 2. The molecule has 0 saturated carbocycles. The minimum absolute atomic E-state index is 0.0475. The number of nitrogens with one attached hydrogen (secondary N) is 3. The summed E-state index contributed by atoms with van der Waals surface area (Å²) >= 11 is 0. The fourth-order valence-corrected chi connectivity index (χ4v) is 12.5. The van der Waals surface area contributed by atoms with Gasteiger partial charge in [0.1, 0.15) is 140 Å². The molecule has 22 aliphatic heterocycles. The first-order valence-corrected chi connectivity index (χ1v) is 33.3. The van der Waals surface area contributed by atoms with Gasteiger partial charge in [-0.25, -0.2) is 0 Å². The molecule has 25 rings (SSSR count). The van der Waals surface area contributed by atoms with Gasteiger partial charge in [-0.05, 0) is 35.4 Å². The van der Waals surface area contributed by atoms with Gasteiger partial charge in [-0.15, -0.1) is 4.98 Å². The Labute approximate surface area is 591 Å². The molecule has 2 amide bonds. The van der Waals surface area contributed by atoms with E-state index in [2.05, 4.69) is 30.9 Å². The molecule has 2 aromatic carbocycles. The number of ether oxygens (including phenoxy) is 16. The number of hydrogen-bond acceptors (Lipinski definition) is 39. The Morgan fingerprint density at radius 3 is 1.00 bits per heavy atom. The van der Waals surface area contributed by atoms with Crippen LogP contribution in [0.5, 0.6) is 12.0 Å². The normalized spacial score (nSPS) is 39.2. The minimum Gasteiger partial charge on any atom is -0.467 e. The van der Waals surface area contributed by atoms with E-state index in [9.17, 15) is 96.4 Å². The maximum Gasteiger partial charge on any atom is 0.324 e. The lowest BCUT2D eigenvalue weighted by molar-refractivity contribution is -0.401. The molecule has 0 aliphatic carbocycles. The topological polar surface area (TPSA) is 600 Å². The molecule has 20 N–H and O–H groups in total. The number of aliphatic hydroxyl groups is 17. The molecule has 12 bridgehead atoms. The Hall–Kier alpha value is -5.71. The summed E-state index contributed by atoms with van der Waals surface area (Å²) in [7, 11) is 2.84. The highest BCUT2D eigenvalue weighted by molar-refractivity contribution is 5.95. The van der Waals surface area contributed by atoms with Crippen LogP contribution in [0.4, 0.5) is 5.95 Å². The van der Waals surface area contributed by atoms with Gasteiger partial charge in [0.2, 0.25) is 5.95 Å². The molecule has 22 fully saturated rings. The van der Waals surface area contributed by atoms with Gasteiger partial charge in [0, 0.05) is 24.2 Å². The molecule has 3 aromatic rings. The molecule has 30 atom stereocenters. The molecular weight excluding hydrogens is 1400 g/mol. The Morgan fingerprint density at radius 2 is 0.673 bits per heavy atom. The van der Waals surface area contributed by atoms with Crippen molar-refractivity contribution in [3.8, 4) is 12.0 Å². The van der Waals surface area contributed by atoms with Crippen LogP contribution in [0, 0.1) is 0 Å². The van der Waals surface area contributed by atoms with Crippen molar-refractivity contribution < 1.29 is 172 Å². The van der Waals surface area contributed by atoms with Crippen LogP contribution in [0.15, 0.2) is 48.5 Å². The van der Waals surface area contributed by atoms with Gasteiger partial charge in [-0.3, -0.25) is 9.59 Å². The Bertz CT molecular complexity index is 3160. The number of nitrogens with zero attached hydrogens (tertiary/aromatic N) is 3. The number of benzene rings is 2. The average molecular weight is 1490 g/mol. The molecule has 0 unspecified atom stereocenters. The van der Waals surface area contributed by atoms with Crippen molar-refractivity contribution in [3.63, 3.8) is 0 Å². The lowest BCUT2D eigenvalue weighted by Crippen LogP contribution is -2.70. The number of aromatic nitrogens is 3. The minimum atomic E-state index is -2.25. The van der Waals surface area contributed by atoms with E-state index in [0.717, 1.165) is 0 Å². The van der Waals surface area contributed by atoms with E-state index in [4.69, 9.17) is 75.8 Å². The highest BCUT2D eigenvalue weighted by atomic mass is 16.8. The molecule has 22 aliphatic rings. The number of anilines is 1. The zero-order valence-corrected chi connectivity index (χ0v) is 55.9. The van der Waals surface area contributed by atoms with E-state index in [-0.39, 0.29) is 49.2 Å². The number of carbonyl (C=O) groups is 2. The highest BCUT2D eigenvalue weighted by Crippen LogP contribution is 2.39. The summed E-state index contributed by atoms with van der Waals surface area (Å²) in [6.45, 7) is -4.60. The van der Waals surface area contributed by atoms with Crippen molar-refractivity contribution in [2.45, 2.75) is 184 Å². The standard InChI is InChI=1S/C63H90N6O35/c1-89-62-67-61(68-63(69-62)90-2)65-14-16-92-18-17-91-15-13-64-53(87)27-9-5-25(6-10-27)3-4-26-7-11-28(12-8-26)54(88)66-35-36(76)55-93-29(19-70)47(35)99-56-42(82)37(77)49(31(21-72)94-56)101-58-44(84)39(79)51(33(23-74)96-58)103-60-46(86)41(81)52(34(24-75)98-60)104-59-45(85)40(80)50(32(22-73)97-59)102-57-43(83)38(78)48(100-55)30(20-71)95-57/h3-12,29-52,55-60,70-86H,13-24H2,1-2H3,(H,64,87)(H,66,88)(H,65,67,68,69)/b4-3+/t29-,30-,31-,32-,33-,34-,35-,36-,37-,38-,39-,40-,41-,42-,43-,44-,45-,46-,47-,48-,49-,50-,51-,52-,55-,56-,57-,58-,59-,60-/m1/s1. The van der Waals surface area contributed by atoms with Gasteiger partial charge in [0.15, 0.2) is 37.7 Å². The van der Waals surface area contributed by atoms with Crippen LogP contribution in [0.3, 0.4) is 0 Å². The molecule has 582 valence electrons. The molecule has 22 saturated heterocycles. The second-order valence-corrected chi connectivity index (χ2v) is 25.0. The highest BCUT2D eigenvalue weighted by Gasteiger charge is 2.59. The van der Waals surface area contributed by atoms with E-state index in [1.165, 1.54) is 26.4 Å². The van der Waals surface area contributed by atoms with Crippen LogP contribution in [-0.4, -0.2) is 391 Å². The number of carbonyl (C=O) groups excluding carboxylic acids is 2. The van der Waals surface area contributed by atoms with Gasteiger partial charge in [-0.2, -0.15) is 9.97 Å². The molecular formula is C63H90N6O35. The van der Waals surface area contributed by atoms with Gasteiger partial charge in [0.05, 0.1) is 86.3 Å². The Balaban J connectivity index is 0.825. The molecule has 104 heavy (non-hydrogen) atoms. The van der Waals surface area contributed by atoms with Gasteiger partial charge in [-0.1, -0.05) is 36.4 Å². The maximum absolute atomic E-state index is 14.4. The first-order chi connectivity index (χ1) is 50.1. The number of rotatable bonds is 23. The zero-order chi connectivity index (χ0) is 74.6. The SMILES string of the molecule is COc1nc(NCCOCCOCCNC(=O)c2ccc(/C=C/c3ccc(C(=O)N[C@@H]4[C@@H](O)[C@H]5O[C@H]6[C@H](O)[C@@H](O)[C@@H](O[C@H]7[C@H](O)[C@@H](O)[C@@H](O[C@H]8[C@H](O)[C@@H](O)[C@@H](O[C@H]9[C@H](O)[C@@H](O)[C@@H](O[C@H]%10[C@H](O)[C@@H](O)[C@@H](O[C@@H]4[C@@H](CO)O5)O[C@@H]%10CO)O[C@@H]9CO)O[C@@H]8CO)O[C@@H]7CO)O[C@@H]6CO)cc3)cc2)nc(OC)n1. The lowest BCUT2D eigenvalue weighted by atomic mass is 9.93. The first kappa shape index (κ1) is 80.8. The third kappa shape index (κ3) is 18.7. The van der Waals surface area contributed by atoms with E-state index >= 15 is 0 Å². The summed E-state index contributed by atoms with van der Waals surface area (Å²) in [6, 6.07) is 10.9. The smallest absolute Gasteiger partial charge is 0.324 e. The Kier molecular flexibility index (Phi) is 29.1. The lowest BCUT2D eigenvalue weighted by Gasteiger charge is -2.51. The summed E-state index contributed by atoms with van der Waals surface area (Å²) in [5.74, 6) is -1.01. The molecule has 1 aromatic heterocycles. The maximum atomic E-state index is 14.4. The monoisotopic (exact) mass is 1490 g/mol. The summed E-state index contributed by atoms with van der Waals surface area (Å²) in [6.07, 6.45) is -54.9. The Morgan fingerprint density at radius 1 is 0.375 bits per heavy atom. The summed E-state index contributed by atoms with van der Waals surface area (Å²) in [5, 5.41) is 200. The summed E-state index contributed by atoms with van der Waals surface area (Å²) in [5.41, 5.74) is 1.60. The second kappa shape index (κ2) is 37.4. The van der Waals surface area contributed by atoms with Crippen molar-refractivity contribution in [2.24, 2.45) is 0 Å². The molecule has 0 spiro atoms. The third-order valence-corrected chi connectivity index (χ3v) is 18.2. The predicted molar refractivity (Wildman–Crippen MR) is 338 cm³/mol. The van der Waals surface area contributed by atoms with E-state index in [1.807, 2.05) is 0 Å². The largest absolute Gasteiger partial charge is 0.467 e. The predicted octanol–water partition coefficient (Wildman–Crippen LogP) is -10.4. The van der Waals surface area contributed by atoms with Crippen molar-refractivity contribution in [2.75, 3.05) is 98.7 Å². The van der Waals surface area contributed by atoms with Crippen molar-refractivity contribution in [1.82, 2.24) is 25.6 Å². The molecule has 41 heteroatoms. The van der Waals surface area contributed by atoms with Gasteiger partial charge < -0.3 is 179 Å². The molecule has 0 radical (unpaired) electrons. The van der Waals surface area contributed by atoms with Crippen LogP contribution in [-0.2, 0) is 66.3 Å². The fourth-order valence-electron chi connectivity index (χ4n) is 12.5. The zero-order valence-electron chi connectivity index (χ0n) is 55.9. The molecule has 41 nitrogen and oxygen atoms in total. The van der Waals surface area contributed by atoms with Gasteiger partial charge in [0.25, 0.3) is 11.8 Å². The van der Waals surface area contributed by atoms with E-state index in [0.29, 0.717) is 36.4 Å². The van der Waals surface area contributed by atoms with E-state index in [1.54, 1.807) is 48.6 Å². The number of aliphatic hydroxyl groups excluding tert-OH is 17. The van der Waals surface area contributed by atoms with Crippen LogP contribution >= 0.6 is 0 Å². The van der Waals surface area contributed by atoms with E-state index < -0.39 is 230 Å². The van der Waals surface area contributed by atoms with Crippen molar-refractivity contribution >= 4 is 29.9 Å². The number of hydrogen-bond donors (Lipinski definition) is 20. The average Bonchev–Trinajstić information content (AvgIpc) is 0.771. The van der Waals surface area contributed by atoms with Crippen molar-refractivity contribution in [3.05, 3.63) is 70.8 Å². The van der Waals surface area contributed by atoms with Crippen LogP contribution < -0.4 is 25.4 Å². The number of amides is 2. The molecule has 23 heterocycles. The fraction of sp³-hybridized carbons (Fsp3) is 0.698. The summed E-state index contributed by atoms with van der Waals surface area (Å²) < 4.78 is 91.5. The van der Waals surface area contributed by atoms with Crippen LogP contribution in [0.2, 0.25) is 0 Å². The van der Waals surface area contributed by atoms with Crippen LogP contribution in [0.1, 0.15) is 31.8 Å². The van der Waals surface area contributed by atoms with Crippen LogP contribution in [0.25, 0.3) is 12.2 Å². The first-order valence-electron chi connectivity index (χ1n) is 33.3. The summed E-state index contributed by atoms with van der Waals surface area (Å²) in [4.78, 5) is 39.4. The quantitative estimate of drug-likeness (QED) is 0.0310. The van der Waals surface area contributed by atoms with Crippen molar-refractivity contribution in [1.29, 1.82) is 0 Å².